The Hall–Kier alpha value is -2.59. The molecular weight excluding hydrogens is 474 g/mol. The average molecular weight is 510 g/mol. The molecular formula is C27H35N5O3S. The minimum Gasteiger partial charge on any atom is -0.494 e. The van der Waals surface area contributed by atoms with Crippen molar-refractivity contribution in [2.45, 2.75) is 37.9 Å². The minimum atomic E-state index is -0.0360. The number of anilines is 1. The van der Waals surface area contributed by atoms with E-state index < -0.39 is 0 Å². The van der Waals surface area contributed by atoms with Crippen LogP contribution in [0.25, 0.3) is 11.0 Å². The van der Waals surface area contributed by atoms with Gasteiger partial charge in [-0.15, -0.1) is 11.8 Å². The third-order valence-corrected chi connectivity index (χ3v) is 7.80. The number of rotatable bonds is 10. The molecule has 0 radical (unpaired) electrons. The van der Waals surface area contributed by atoms with Crippen molar-refractivity contribution in [3.8, 4) is 5.75 Å². The van der Waals surface area contributed by atoms with Gasteiger partial charge in [-0.1, -0.05) is 12.1 Å². The molecule has 3 heterocycles. The van der Waals surface area contributed by atoms with Crippen LogP contribution in [0.2, 0.25) is 0 Å². The van der Waals surface area contributed by atoms with E-state index in [0.29, 0.717) is 19.0 Å². The van der Waals surface area contributed by atoms with E-state index in [4.69, 9.17) is 14.5 Å². The Bertz CT molecular complexity index is 1190. The molecule has 1 fully saturated rings. The maximum Gasteiger partial charge on any atom is 0.234 e. The van der Waals surface area contributed by atoms with Gasteiger partial charge in [-0.2, -0.15) is 0 Å². The Morgan fingerprint density at radius 2 is 1.92 bits per heavy atom. The van der Waals surface area contributed by atoms with Crippen LogP contribution in [0.15, 0.2) is 47.4 Å². The molecule has 8 nitrogen and oxygen atoms in total. The summed E-state index contributed by atoms with van der Waals surface area (Å²) in [6.07, 6.45) is 0.953. The number of nitrogens with one attached hydrogen (secondary N) is 1. The third kappa shape index (κ3) is 5.86. The van der Waals surface area contributed by atoms with Crippen LogP contribution in [0.3, 0.4) is 0 Å². The Morgan fingerprint density at radius 3 is 2.75 bits per heavy atom. The first kappa shape index (κ1) is 25.1. The number of carbonyl (C=O) groups excluding carboxylic acids is 1. The van der Waals surface area contributed by atoms with E-state index in [1.54, 1.807) is 11.8 Å². The van der Waals surface area contributed by atoms with E-state index in [0.717, 1.165) is 78.9 Å². The summed E-state index contributed by atoms with van der Waals surface area (Å²) in [7, 11) is 0. The van der Waals surface area contributed by atoms with Crippen molar-refractivity contribution < 1.29 is 14.3 Å². The van der Waals surface area contributed by atoms with Gasteiger partial charge in [0.1, 0.15) is 17.8 Å². The molecule has 36 heavy (non-hydrogen) atoms. The van der Waals surface area contributed by atoms with Crippen molar-refractivity contribution in [2.24, 2.45) is 0 Å². The quantitative estimate of drug-likeness (QED) is 0.410. The van der Waals surface area contributed by atoms with E-state index >= 15 is 0 Å². The summed E-state index contributed by atoms with van der Waals surface area (Å²) in [5.41, 5.74) is 3.04. The molecule has 3 aromatic rings. The number of fused-ring (bicyclic) bond motifs is 2. The number of ether oxygens (including phenoxy) is 2. The van der Waals surface area contributed by atoms with Crippen molar-refractivity contribution in [1.82, 2.24) is 19.4 Å². The Labute approximate surface area is 216 Å². The summed E-state index contributed by atoms with van der Waals surface area (Å²) in [4.78, 5) is 22.5. The first-order valence-electron chi connectivity index (χ1n) is 12.8. The van der Waals surface area contributed by atoms with E-state index in [-0.39, 0.29) is 12.1 Å². The van der Waals surface area contributed by atoms with Gasteiger partial charge in [0, 0.05) is 44.2 Å². The highest BCUT2D eigenvalue weighted by Crippen LogP contribution is 2.34. The molecule has 0 saturated carbocycles. The molecule has 0 aliphatic carbocycles. The van der Waals surface area contributed by atoms with Crippen LogP contribution >= 0.6 is 11.8 Å². The normalized spacial score (nSPS) is 17.7. The number of piperazine rings is 1. The van der Waals surface area contributed by atoms with Crippen LogP contribution in [0.4, 0.5) is 5.69 Å². The number of amides is 1. The highest BCUT2D eigenvalue weighted by molar-refractivity contribution is 8.00. The fourth-order valence-electron chi connectivity index (χ4n) is 4.92. The van der Waals surface area contributed by atoms with Gasteiger partial charge in [0.15, 0.2) is 0 Å². The van der Waals surface area contributed by atoms with Crippen LogP contribution in [0.5, 0.6) is 5.75 Å². The van der Waals surface area contributed by atoms with Gasteiger partial charge in [0.2, 0.25) is 5.91 Å². The fraction of sp³-hybridized carbons (Fsp3) is 0.481. The van der Waals surface area contributed by atoms with E-state index in [1.165, 1.54) is 0 Å². The molecule has 0 spiro atoms. The predicted octanol–water partition coefficient (Wildman–Crippen LogP) is 4.22. The van der Waals surface area contributed by atoms with Crippen LogP contribution < -0.4 is 10.1 Å². The van der Waals surface area contributed by atoms with Crippen molar-refractivity contribution in [1.29, 1.82) is 0 Å². The minimum absolute atomic E-state index is 0.0360. The summed E-state index contributed by atoms with van der Waals surface area (Å²) in [6, 6.07) is 14.2. The topological polar surface area (TPSA) is 71.9 Å². The van der Waals surface area contributed by atoms with E-state index in [1.807, 2.05) is 31.2 Å². The lowest BCUT2D eigenvalue weighted by Gasteiger charge is -2.34. The SMILES string of the molecule is CCOC(C)n1c(CN2CCN(CCCOc3ccc4c(c3)SCC(=O)N4)CC2)nc2ccccc21. The number of hydrogen-bond acceptors (Lipinski definition) is 7. The monoisotopic (exact) mass is 509 g/mol. The first-order valence-corrected chi connectivity index (χ1v) is 13.8. The van der Waals surface area contributed by atoms with Gasteiger partial charge >= 0.3 is 0 Å². The Balaban J connectivity index is 1.08. The van der Waals surface area contributed by atoms with Gasteiger partial charge in [0.05, 0.1) is 35.6 Å². The molecule has 1 amide bonds. The predicted molar refractivity (Wildman–Crippen MR) is 144 cm³/mol. The molecule has 1 N–H and O–H groups in total. The van der Waals surface area contributed by atoms with Gasteiger partial charge in [-0.05, 0) is 50.6 Å². The largest absolute Gasteiger partial charge is 0.494 e. The summed E-state index contributed by atoms with van der Waals surface area (Å²) in [6.45, 7) is 11.5. The maximum atomic E-state index is 11.5. The molecule has 1 unspecified atom stereocenters. The highest BCUT2D eigenvalue weighted by Gasteiger charge is 2.22. The molecule has 192 valence electrons. The zero-order valence-corrected chi connectivity index (χ0v) is 21.9. The Morgan fingerprint density at radius 1 is 1.11 bits per heavy atom. The number of hydrogen-bond donors (Lipinski definition) is 1. The first-order chi connectivity index (χ1) is 17.6. The average Bonchev–Trinajstić information content (AvgIpc) is 3.25. The molecule has 2 aromatic carbocycles. The van der Waals surface area contributed by atoms with Crippen LogP contribution in [0.1, 0.15) is 32.3 Å². The van der Waals surface area contributed by atoms with Crippen molar-refractivity contribution in [3.63, 3.8) is 0 Å². The van der Waals surface area contributed by atoms with Gasteiger partial charge in [-0.25, -0.2) is 4.98 Å². The molecule has 5 rings (SSSR count). The number of carbonyl (C=O) groups is 1. The fourth-order valence-corrected chi connectivity index (χ4v) is 5.75. The smallest absolute Gasteiger partial charge is 0.234 e. The number of benzene rings is 2. The van der Waals surface area contributed by atoms with Crippen molar-refractivity contribution in [3.05, 3.63) is 48.3 Å². The number of para-hydroxylation sites is 2. The molecule has 1 saturated heterocycles. The second kappa shape index (κ2) is 11.6. The molecule has 2 aliphatic heterocycles. The number of thioether (sulfide) groups is 1. The number of aromatic nitrogens is 2. The molecule has 2 aliphatic rings. The second-order valence-corrected chi connectivity index (χ2v) is 10.3. The number of imidazole rings is 1. The van der Waals surface area contributed by atoms with E-state index in [2.05, 4.69) is 44.8 Å². The van der Waals surface area contributed by atoms with E-state index in [9.17, 15) is 4.79 Å². The van der Waals surface area contributed by atoms with Crippen molar-refractivity contribution in [2.75, 3.05) is 57.0 Å². The Kier molecular flexibility index (Phi) is 8.11. The summed E-state index contributed by atoms with van der Waals surface area (Å²) >= 11 is 1.56. The van der Waals surface area contributed by atoms with Crippen LogP contribution in [-0.4, -0.2) is 76.9 Å². The highest BCUT2D eigenvalue weighted by atomic mass is 32.2. The molecule has 1 atom stereocenters. The third-order valence-electron chi connectivity index (χ3n) is 6.74. The molecule has 9 heteroatoms. The lowest BCUT2D eigenvalue weighted by molar-refractivity contribution is -0.113. The van der Waals surface area contributed by atoms with Crippen molar-refractivity contribution >= 4 is 34.4 Å². The van der Waals surface area contributed by atoms with Gasteiger partial charge in [0.25, 0.3) is 0 Å². The number of nitrogens with zero attached hydrogens (tertiary/aromatic N) is 4. The molecule has 1 aromatic heterocycles. The summed E-state index contributed by atoms with van der Waals surface area (Å²) in [5, 5.41) is 2.90. The summed E-state index contributed by atoms with van der Waals surface area (Å²) in [5.74, 6) is 2.46. The van der Waals surface area contributed by atoms with Gasteiger partial charge in [-0.3, -0.25) is 9.69 Å². The zero-order valence-electron chi connectivity index (χ0n) is 21.1. The lowest BCUT2D eigenvalue weighted by Crippen LogP contribution is -2.46. The standard InChI is InChI=1S/C27H35N5O3S/c1-3-34-20(2)32-24-8-5-4-7-22(24)28-26(32)18-31-14-12-30(13-15-31)11-6-16-35-21-9-10-23-25(17-21)36-19-27(33)29-23/h4-5,7-10,17,20H,3,6,11-16,18-19H2,1-2H3,(H,29,33). The lowest BCUT2D eigenvalue weighted by atomic mass is 10.2. The van der Waals surface area contributed by atoms with Crippen LogP contribution in [0, 0.1) is 0 Å². The van der Waals surface area contributed by atoms with Crippen LogP contribution in [-0.2, 0) is 16.1 Å². The second-order valence-electron chi connectivity index (χ2n) is 9.26. The zero-order chi connectivity index (χ0) is 24.9. The molecule has 0 bridgehead atoms. The summed E-state index contributed by atoms with van der Waals surface area (Å²) < 4.78 is 14.2. The van der Waals surface area contributed by atoms with Gasteiger partial charge < -0.3 is 24.3 Å². The maximum absolute atomic E-state index is 11.5.